The highest BCUT2D eigenvalue weighted by atomic mass is 79.9. The number of hydrogen-bond acceptors (Lipinski definition) is 4. The van der Waals surface area contributed by atoms with Crippen molar-refractivity contribution >= 4 is 27.3 Å². The summed E-state index contributed by atoms with van der Waals surface area (Å²) in [7, 11) is 3.63. The molecule has 0 fully saturated rings. The molecule has 104 valence electrons. The minimum absolute atomic E-state index is 0.110. The summed E-state index contributed by atoms with van der Waals surface area (Å²) in [6, 6.07) is 4.32. The Morgan fingerprint density at radius 3 is 2.89 bits per heavy atom. The van der Waals surface area contributed by atoms with Gasteiger partial charge >= 0.3 is 0 Å². The molecule has 0 spiro atoms. The van der Waals surface area contributed by atoms with E-state index >= 15 is 0 Å². The topological polar surface area (TPSA) is 39.1 Å². The maximum Gasteiger partial charge on any atom is 0.161 e. The summed E-state index contributed by atoms with van der Waals surface area (Å²) >= 11 is 5.25. The average molecular weight is 344 g/mol. The maximum atomic E-state index is 5.42. The molecular formula is C13H18BrN3OS. The molecule has 0 aliphatic heterocycles. The van der Waals surface area contributed by atoms with Crippen LogP contribution in [-0.4, -0.2) is 23.4 Å². The Morgan fingerprint density at radius 2 is 2.32 bits per heavy atom. The second-order valence-corrected chi connectivity index (χ2v) is 6.75. The third-order valence-electron chi connectivity index (χ3n) is 2.92. The number of thiophene rings is 1. The van der Waals surface area contributed by atoms with Crippen molar-refractivity contribution in [2.75, 3.05) is 13.7 Å². The lowest BCUT2D eigenvalue weighted by atomic mass is 10.1. The van der Waals surface area contributed by atoms with E-state index in [9.17, 15) is 0 Å². The molecule has 2 aromatic heterocycles. The van der Waals surface area contributed by atoms with Crippen molar-refractivity contribution in [1.29, 1.82) is 0 Å². The fraction of sp³-hybridized carbons (Fsp3) is 0.462. The predicted octanol–water partition coefficient (Wildman–Crippen LogP) is 3.34. The number of nitrogens with one attached hydrogen (secondary N) is 1. The summed E-state index contributed by atoms with van der Waals surface area (Å²) in [4.78, 5) is 1.25. The van der Waals surface area contributed by atoms with Crippen molar-refractivity contribution < 1.29 is 4.74 Å². The van der Waals surface area contributed by atoms with E-state index in [0.717, 1.165) is 28.2 Å². The van der Waals surface area contributed by atoms with E-state index in [1.54, 1.807) is 24.6 Å². The summed E-state index contributed by atoms with van der Waals surface area (Å²) < 4.78 is 8.43. The summed E-state index contributed by atoms with van der Waals surface area (Å²) in [5, 5.41) is 7.86. The van der Waals surface area contributed by atoms with Crippen molar-refractivity contribution in [2.24, 2.45) is 7.05 Å². The Morgan fingerprint density at radius 1 is 1.53 bits per heavy atom. The van der Waals surface area contributed by atoms with Gasteiger partial charge in [-0.25, -0.2) is 0 Å². The molecule has 0 radical (unpaired) electrons. The van der Waals surface area contributed by atoms with E-state index in [0.29, 0.717) is 0 Å². The van der Waals surface area contributed by atoms with Gasteiger partial charge in [-0.2, -0.15) is 5.10 Å². The minimum atomic E-state index is 0.110. The Bertz CT molecular complexity index is 538. The molecule has 2 heterocycles. The first kappa shape index (κ1) is 14.6. The van der Waals surface area contributed by atoms with Crippen molar-refractivity contribution in [1.82, 2.24) is 15.1 Å². The Hall–Kier alpha value is -0.850. The van der Waals surface area contributed by atoms with Crippen molar-refractivity contribution in [3.05, 3.63) is 32.7 Å². The van der Waals surface area contributed by atoms with E-state index in [2.05, 4.69) is 45.4 Å². The molecule has 1 unspecified atom stereocenters. The van der Waals surface area contributed by atoms with Gasteiger partial charge in [0.05, 0.1) is 23.1 Å². The smallest absolute Gasteiger partial charge is 0.161 e. The molecule has 0 saturated carbocycles. The summed E-state index contributed by atoms with van der Waals surface area (Å²) in [5.74, 6) is 0.820. The molecular weight excluding hydrogens is 326 g/mol. The molecule has 1 N–H and O–H groups in total. The summed E-state index contributed by atoms with van der Waals surface area (Å²) in [5.41, 5.74) is 1.06. The van der Waals surface area contributed by atoms with E-state index < -0.39 is 0 Å². The first-order valence-corrected chi connectivity index (χ1v) is 7.82. The monoisotopic (exact) mass is 343 g/mol. The van der Waals surface area contributed by atoms with E-state index in [-0.39, 0.29) is 6.04 Å². The van der Waals surface area contributed by atoms with Gasteiger partial charge in [-0.15, -0.1) is 11.3 Å². The summed E-state index contributed by atoms with van der Waals surface area (Å²) in [6.45, 7) is 3.11. The van der Waals surface area contributed by atoms with Gasteiger partial charge in [-0.05, 0) is 41.0 Å². The number of rotatable bonds is 6. The Balaban J connectivity index is 2.39. The van der Waals surface area contributed by atoms with Crippen LogP contribution in [0.3, 0.4) is 0 Å². The molecule has 0 aliphatic rings. The largest absolute Gasteiger partial charge is 0.493 e. The van der Waals surface area contributed by atoms with Crippen LogP contribution < -0.4 is 10.1 Å². The molecule has 4 nitrogen and oxygen atoms in total. The van der Waals surface area contributed by atoms with Gasteiger partial charge in [0, 0.05) is 11.9 Å². The van der Waals surface area contributed by atoms with Gasteiger partial charge in [0.1, 0.15) is 5.69 Å². The number of ether oxygens (including phenoxy) is 1. The van der Waals surface area contributed by atoms with Crippen LogP contribution in [0.15, 0.2) is 22.1 Å². The van der Waals surface area contributed by atoms with Crippen LogP contribution in [0.2, 0.25) is 0 Å². The third kappa shape index (κ3) is 3.19. The third-order valence-corrected chi connectivity index (χ3v) is 4.61. The number of methoxy groups -OCH3 is 1. The highest BCUT2D eigenvalue weighted by molar-refractivity contribution is 9.11. The predicted molar refractivity (Wildman–Crippen MR) is 81.9 cm³/mol. The van der Waals surface area contributed by atoms with Crippen molar-refractivity contribution in [2.45, 2.75) is 19.4 Å². The van der Waals surface area contributed by atoms with Gasteiger partial charge < -0.3 is 10.1 Å². The molecule has 19 heavy (non-hydrogen) atoms. The lowest BCUT2D eigenvalue weighted by Crippen LogP contribution is -2.25. The fourth-order valence-electron chi connectivity index (χ4n) is 2.02. The van der Waals surface area contributed by atoms with E-state index in [4.69, 9.17) is 4.74 Å². The zero-order valence-electron chi connectivity index (χ0n) is 11.3. The highest BCUT2D eigenvalue weighted by Crippen LogP contribution is 2.34. The molecule has 1 atom stereocenters. The van der Waals surface area contributed by atoms with Crippen LogP contribution in [0.5, 0.6) is 5.75 Å². The normalized spacial score (nSPS) is 12.6. The summed E-state index contributed by atoms with van der Waals surface area (Å²) in [6.07, 6.45) is 2.85. The van der Waals surface area contributed by atoms with Crippen molar-refractivity contribution in [3.8, 4) is 5.75 Å². The molecule has 0 bridgehead atoms. The second kappa shape index (κ2) is 6.54. The molecule has 6 heteroatoms. The van der Waals surface area contributed by atoms with Crippen LogP contribution in [0, 0.1) is 0 Å². The van der Waals surface area contributed by atoms with Crippen LogP contribution in [0.1, 0.15) is 30.0 Å². The average Bonchev–Trinajstić information content (AvgIpc) is 2.98. The van der Waals surface area contributed by atoms with Gasteiger partial charge in [-0.1, -0.05) is 6.92 Å². The number of hydrogen-bond donors (Lipinski definition) is 1. The van der Waals surface area contributed by atoms with Gasteiger partial charge in [0.15, 0.2) is 5.75 Å². The quantitative estimate of drug-likeness (QED) is 0.874. The first-order chi connectivity index (χ1) is 9.17. The van der Waals surface area contributed by atoms with Gasteiger partial charge in [-0.3, -0.25) is 4.68 Å². The molecule has 0 aliphatic carbocycles. The minimum Gasteiger partial charge on any atom is -0.493 e. The molecule has 2 rings (SSSR count). The standard InChI is InChI=1S/C13H18BrN3OS/c1-4-7-15-12(10-5-6-11(14)19-10)13-9(18-3)8-16-17(13)2/h5-6,8,12,15H,4,7H2,1-3H3. The SMILES string of the molecule is CCCNC(c1ccc(Br)s1)c1c(OC)cnn1C. The second-order valence-electron chi connectivity index (χ2n) is 4.25. The zero-order valence-corrected chi connectivity index (χ0v) is 13.7. The lowest BCUT2D eigenvalue weighted by molar-refractivity contribution is 0.401. The van der Waals surface area contributed by atoms with Gasteiger partial charge in [0.2, 0.25) is 0 Å². The molecule has 0 aromatic carbocycles. The van der Waals surface area contributed by atoms with Crippen LogP contribution in [0.25, 0.3) is 0 Å². The molecule has 2 aromatic rings. The highest BCUT2D eigenvalue weighted by Gasteiger charge is 2.23. The Labute approximate surface area is 125 Å². The number of halogens is 1. The van der Waals surface area contributed by atoms with Crippen LogP contribution >= 0.6 is 27.3 Å². The zero-order chi connectivity index (χ0) is 13.8. The maximum absolute atomic E-state index is 5.42. The fourth-order valence-corrected chi connectivity index (χ4v) is 3.52. The Kier molecular flexibility index (Phi) is 5.01. The van der Waals surface area contributed by atoms with Gasteiger partial charge in [0.25, 0.3) is 0 Å². The molecule has 0 saturated heterocycles. The van der Waals surface area contributed by atoms with Crippen LogP contribution in [-0.2, 0) is 7.05 Å². The van der Waals surface area contributed by atoms with E-state index in [1.165, 1.54) is 4.88 Å². The number of nitrogens with zero attached hydrogens (tertiary/aromatic N) is 2. The number of aromatic nitrogens is 2. The molecule has 0 amide bonds. The van der Waals surface area contributed by atoms with Crippen molar-refractivity contribution in [3.63, 3.8) is 0 Å². The van der Waals surface area contributed by atoms with Crippen LogP contribution in [0.4, 0.5) is 0 Å². The number of aryl methyl sites for hydroxylation is 1. The first-order valence-electron chi connectivity index (χ1n) is 6.21. The van der Waals surface area contributed by atoms with E-state index in [1.807, 2.05) is 11.7 Å². The lowest BCUT2D eigenvalue weighted by Gasteiger charge is -2.18.